The van der Waals surface area contributed by atoms with Crippen LogP contribution >= 0.6 is 11.8 Å². The average Bonchev–Trinajstić information content (AvgIpc) is 2.70. The molecule has 0 radical (unpaired) electrons. The van der Waals surface area contributed by atoms with E-state index in [0.717, 1.165) is 42.6 Å². The molecule has 0 fully saturated rings. The number of anilines is 3. The summed E-state index contributed by atoms with van der Waals surface area (Å²) in [5, 5.41) is 3.89. The quantitative estimate of drug-likeness (QED) is 0.475. The lowest BCUT2D eigenvalue weighted by Crippen LogP contribution is -2.35. The highest BCUT2D eigenvalue weighted by Gasteiger charge is 2.20. The van der Waals surface area contributed by atoms with Crippen LogP contribution in [-0.4, -0.2) is 48.3 Å². The fourth-order valence-corrected chi connectivity index (χ4v) is 3.67. The van der Waals surface area contributed by atoms with Crippen LogP contribution in [-0.2, 0) is 4.79 Å². The molecule has 1 amide bonds. The summed E-state index contributed by atoms with van der Waals surface area (Å²) in [6.45, 7) is 10.9. The summed E-state index contributed by atoms with van der Waals surface area (Å²) >= 11 is 1.52. The highest BCUT2D eigenvalue weighted by Crippen LogP contribution is 2.32. The van der Waals surface area contributed by atoms with Gasteiger partial charge in [0.25, 0.3) is 0 Å². The van der Waals surface area contributed by atoms with E-state index in [0.29, 0.717) is 11.5 Å². The van der Waals surface area contributed by atoms with E-state index in [-0.39, 0.29) is 12.5 Å². The molecule has 0 atom stereocenters. The Balaban J connectivity index is 2.29. The van der Waals surface area contributed by atoms with E-state index in [4.69, 9.17) is 0 Å². The van der Waals surface area contributed by atoms with Gasteiger partial charge in [-0.15, -0.1) is 11.8 Å². The summed E-state index contributed by atoms with van der Waals surface area (Å²) in [4.78, 5) is 26.3. The smallest absolute Gasteiger partial charge is 0.244 e. The number of nitrogens with zero attached hydrogens (tertiary/aromatic N) is 4. The Morgan fingerprint density at radius 1 is 1.07 bits per heavy atom. The molecule has 0 bridgehead atoms. The maximum atomic E-state index is 12.9. The van der Waals surface area contributed by atoms with Crippen molar-refractivity contribution in [3.63, 3.8) is 0 Å². The SMILES string of the molecule is CCCN(CC(=O)Nc1c(SC)nc(C)nc1N(CC)CC)c1ccccc1. The number of thioether (sulfide) groups is 1. The van der Waals surface area contributed by atoms with Gasteiger partial charge in [-0.25, -0.2) is 9.97 Å². The third-order valence-electron chi connectivity index (χ3n) is 4.44. The Bertz CT molecular complexity index is 765. The predicted octanol–water partition coefficient (Wildman–Crippen LogP) is 4.21. The topological polar surface area (TPSA) is 61.4 Å². The first-order chi connectivity index (χ1) is 13.5. The van der Waals surface area contributed by atoms with Gasteiger partial charge in [-0.3, -0.25) is 4.79 Å². The number of carbonyl (C=O) groups is 1. The molecule has 1 heterocycles. The molecular formula is C21H31N5OS. The second-order valence-electron chi connectivity index (χ2n) is 6.46. The van der Waals surface area contributed by atoms with Crippen LogP contribution in [0.25, 0.3) is 0 Å². The van der Waals surface area contributed by atoms with Crippen LogP contribution in [0, 0.1) is 6.92 Å². The number of carbonyl (C=O) groups excluding carboxylic acids is 1. The maximum absolute atomic E-state index is 12.9. The maximum Gasteiger partial charge on any atom is 0.244 e. The van der Waals surface area contributed by atoms with Gasteiger partial charge in [0.2, 0.25) is 5.91 Å². The van der Waals surface area contributed by atoms with Crippen LogP contribution < -0.4 is 15.1 Å². The van der Waals surface area contributed by atoms with Gasteiger partial charge >= 0.3 is 0 Å². The van der Waals surface area contributed by atoms with E-state index in [1.165, 1.54) is 11.8 Å². The fourth-order valence-electron chi connectivity index (χ4n) is 3.10. The molecule has 152 valence electrons. The lowest BCUT2D eigenvalue weighted by Gasteiger charge is -2.26. The van der Waals surface area contributed by atoms with Gasteiger partial charge in [0.1, 0.15) is 16.5 Å². The van der Waals surface area contributed by atoms with Gasteiger partial charge in [-0.2, -0.15) is 0 Å². The molecule has 0 spiro atoms. The van der Waals surface area contributed by atoms with Gasteiger partial charge < -0.3 is 15.1 Å². The molecule has 0 saturated carbocycles. The predicted molar refractivity (Wildman–Crippen MR) is 120 cm³/mol. The van der Waals surface area contributed by atoms with Crippen LogP contribution in [0.2, 0.25) is 0 Å². The van der Waals surface area contributed by atoms with Crippen LogP contribution in [0.15, 0.2) is 35.4 Å². The number of aromatic nitrogens is 2. The molecule has 6 nitrogen and oxygen atoms in total. The zero-order valence-electron chi connectivity index (χ0n) is 17.5. The number of benzene rings is 1. The zero-order valence-corrected chi connectivity index (χ0v) is 18.3. The molecular weight excluding hydrogens is 370 g/mol. The Morgan fingerprint density at radius 3 is 2.32 bits per heavy atom. The van der Waals surface area contributed by atoms with Gasteiger partial charge in [-0.1, -0.05) is 25.1 Å². The highest BCUT2D eigenvalue weighted by atomic mass is 32.2. The van der Waals surface area contributed by atoms with Crippen LogP contribution in [0.4, 0.5) is 17.2 Å². The number of hydrogen-bond donors (Lipinski definition) is 1. The molecule has 1 aromatic carbocycles. The van der Waals surface area contributed by atoms with Crippen LogP contribution in [0.3, 0.4) is 0 Å². The summed E-state index contributed by atoms with van der Waals surface area (Å²) < 4.78 is 0. The molecule has 1 N–H and O–H groups in total. The van der Waals surface area contributed by atoms with E-state index in [9.17, 15) is 4.79 Å². The summed E-state index contributed by atoms with van der Waals surface area (Å²) in [6.07, 6.45) is 2.94. The first-order valence-corrected chi connectivity index (χ1v) is 11.0. The van der Waals surface area contributed by atoms with Crippen LogP contribution in [0.5, 0.6) is 0 Å². The van der Waals surface area contributed by atoms with Crippen molar-refractivity contribution in [3.8, 4) is 0 Å². The Hall–Kier alpha value is -2.28. The van der Waals surface area contributed by atoms with E-state index in [2.05, 4.69) is 45.9 Å². The first-order valence-electron chi connectivity index (χ1n) is 9.81. The van der Waals surface area contributed by atoms with Crippen molar-refractivity contribution >= 4 is 34.9 Å². The highest BCUT2D eigenvalue weighted by molar-refractivity contribution is 7.98. The second-order valence-corrected chi connectivity index (χ2v) is 7.25. The van der Waals surface area contributed by atoms with E-state index in [1.807, 2.05) is 43.5 Å². The van der Waals surface area contributed by atoms with Crippen molar-refractivity contribution in [2.24, 2.45) is 0 Å². The Morgan fingerprint density at radius 2 is 1.75 bits per heavy atom. The molecule has 0 aliphatic carbocycles. The van der Waals surface area contributed by atoms with Gasteiger partial charge in [0.05, 0.1) is 6.54 Å². The monoisotopic (exact) mass is 401 g/mol. The molecule has 1 aromatic heterocycles. The molecule has 0 aliphatic rings. The van der Waals surface area contributed by atoms with Crippen molar-refractivity contribution in [1.82, 2.24) is 9.97 Å². The van der Waals surface area contributed by atoms with Crippen molar-refractivity contribution < 1.29 is 4.79 Å². The lowest BCUT2D eigenvalue weighted by molar-refractivity contribution is -0.115. The summed E-state index contributed by atoms with van der Waals surface area (Å²) in [5.41, 5.74) is 1.75. The number of nitrogens with one attached hydrogen (secondary N) is 1. The number of aryl methyl sites for hydroxylation is 1. The minimum atomic E-state index is -0.0616. The Labute approximate surface area is 172 Å². The zero-order chi connectivity index (χ0) is 20.5. The van der Waals surface area contributed by atoms with Crippen molar-refractivity contribution in [1.29, 1.82) is 0 Å². The van der Waals surface area contributed by atoms with Crippen molar-refractivity contribution in [2.75, 3.05) is 47.6 Å². The van der Waals surface area contributed by atoms with E-state index in [1.54, 1.807) is 0 Å². The molecule has 0 aliphatic heterocycles. The minimum absolute atomic E-state index is 0.0616. The standard InChI is InChI=1S/C21H31N5OS/c1-6-14-26(17-12-10-9-11-13-17)15-18(27)24-19-20(25(7-2)8-3)22-16(4)23-21(19)28-5/h9-13H,6-8,14-15H2,1-5H3,(H,24,27). The number of amides is 1. The third-order valence-corrected chi connectivity index (χ3v) is 5.12. The molecule has 2 rings (SSSR count). The molecule has 2 aromatic rings. The number of rotatable bonds is 10. The van der Waals surface area contributed by atoms with Gasteiger partial charge in [0, 0.05) is 25.3 Å². The van der Waals surface area contributed by atoms with Crippen molar-refractivity contribution in [2.45, 2.75) is 39.1 Å². The number of para-hydroxylation sites is 1. The Kier molecular flexibility index (Phi) is 8.57. The van der Waals surface area contributed by atoms with Crippen LogP contribution in [0.1, 0.15) is 33.0 Å². The third kappa shape index (κ3) is 5.61. The van der Waals surface area contributed by atoms with E-state index >= 15 is 0 Å². The fraction of sp³-hybridized carbons (Fsp3) is 0.476. The normalized spacial score (nSPS) is 10.6. The molecule has 0 unspecified atom stereocenters. The molecule has 7 heteroatoms. The largest absolute Gasteiger partial charge is 0.362 e. The van der Waals surface area contributed by atoms with Crippen molar-refractivity contribution in [3.05, 3.63) is 36.2 Å². The lowest BCUT2D eigenvalue weighted by atomic mass is 10.2. The summed E-state index contributed by atoms with van der Waals surface area (Å²) in [7, 11) is 0. The van der Waals surface area contributed by atoms with E-state index < -0.39 is 0 Å². The summed E-state index contributed by atoms with van der Waals surface area (Å²) in [5.74, 6) is 1.44. The van der Waals surface area contributed by atoms with Gasteiger partial charge in [-0.05, 0) is 45.6 Å². The molecule has 28 heavy (non-hydrogen) atoms. The second kappa shape index (κ2) is 10.9. The summed E-state index contributed by atoms with van der Waals surface area (Å²) in [6, 6.07) is 10.0. The first kappa shape index (κ1) is 22.0. The average molecular weight is 402 g/mol. The van der Waals surface area contributed by atoms with Gasteiger partial charge in [0.15, 0.2) is 5.82 Å². The minimum Gasteiger partial charge on any atom is -0.362 e. The molecule has 0 saturated heterocycles. The number of hydrogen-bond acceptors (Lipinski definition) is 6.